The third-order valence-corrected chi connectivity index (χ3v) is 7.49. The summed E-state index contributed by atoms with van der Waals surface area (Å²) in [6.07, 6.45) is 16.5. The zero-order valence-electron chi connectivity index (χ0n) is 26.1. The summed E-state index contributed by atoms with van der Waals surface area (Å²) >= 11 is 0. The molecule has 0 aromatic carbocycles. The highest BCUT2D eigenvalue weighted by Crippen LogP contribution is 2.16. The molecule has 0 bridgehead atoms. The van der Waals surface area contributed by atoms with Crippen LogP contribution in [0.4, 0.5) is 0 Å². The Morgan fingerprint density at radius 2 is 0.571 bits per heavy atom. The van der Waals surface area contributed by atoms with Gasteiger partial charge in [-0.3, -0.25) is 9.59 Å². The van der Waals surface area contributed by atoms with E-state index in [1.54, 1.807) is 0 Å². The van der Waals surface area contributed by atoms with E-state index in [-0.39, 0.29) is 26.1 Å². The molecule has 4 unspecified atom stereocenters. The molecule has 0 fully saturated rings. The van der Waals surface area contributed by atoms with Crippen LogP contribution >= 0.6 is 0 Å². The Bertz CT molecular complexity index is 540. The summed E-state index contributed by atoms with van der Waals surface area (Å²) in [5.41, 5.74) is 0. The molecule has 4 atom stereocenters. The van der Waals surface area contributed by atoms with Crippen LogP contribution < -0.4 is 0 Å². The average Bonchev–Trinajstić information content (AvgIpc) is 2.95. The molecule has 10 nitrogen and oxygen atoms in total. The Morgan fingerprint density at radius 1 is 0.357 bits per heavy atom. The van der Waals surface area contributed by atoms with Crippen molar-refractivity contribution in [3.8, 4) is 0 Å². The van der Waals surface area contributed by atoms with Gasteiger partial charge in [-0.2, -0.15) is 0 Å². The Hall–Kier alpha value is -1.30. The maximum atomic E-state index is 10.3. The van der Waals surface area contributed by atoms with Crippen molar-refractivity contribution in [2.45, 2.75) is 179 Å². The second kappa shape index (κ2) is 32.6. The van der Waals surface area contributed by atoms with Crippen molar-refractivity contribution < 1.29 is 50.4 Å². The van der Waals surface area contributed by atoms with Crippen LogP contribution in [0.15, 0.2) is 0 Å². The van der Waals surface area contributed by atoms with Crippen LogP contribution in [-0.2, 0) is 9.59 Å². The van der Waals surface area contributed by atoms with Gasteiger partial charge in [0, 0.05) is 26.1 Å². The highest BCUT2D eigenvalue weighted by Gasteiger charge is 2.16. The van der Waals surface area contributed by atoms with Gasteiger partial charge in [-0.15, -0.1) is 0 Å². The van der Waals surface area contributed by atoms with Crippen LogP contribution in [0.3, 0.4) is 0 Å². The minimum atomic E-state index is -0.743. The number of rotatable bonds is 30. The molecule has 10 heteroatoms. The highest BCUT2D eigenvalue weighted by atomic mass is 16.4. The van der Waals surface area contributed by atoms with Crippen molar-refractivity contribution in [3.05, 3.63) is 0 Å². The highest BCUT2D eigenvalue weighted by molar-refractivity contribution is 5.66. The number of carboxylic acids is 2. The molecule has 42 heavy (non-hydrogen) atoms. The molecular weight excluding hydrogens is 544 g/mol. The Kier molecular flexibility index (Phi) is 33.3. The molecule has 0 aromatic heterocycles. The first-order valence-corrected chi connectivity index (χ1v) is 16.5. The first-order valence-electron chi connectivity index (χ1n) is 16.5. The Balaban J connectivity index is 0. The summed E-state index contributed by atoms with van der Waals surface area (Å²) in [5, 5.41) is 73.6. The standard InChI is InChI=1S/2C16H32O5/c2*17-13-9-5-4-7-11-15(19)14(18)10-6-2-1-3-8-12-16(20)21/h2*14-15,17-19H,1-13H2,(H,20,21). The molecule has 0 heterocycles. The molecule has 252 valence electrons. The SMILES string of the molecule is O=C(O)CCCCCCCC(O)C(O)CCCCCCO.O=C(O)CCCCCCCC(O)C(O)CCCCCCO. The predicted octanol–water partition coefficient (Wildman–Crippen LogP) is 4.93. The molecule has 0 aliphatic heterocycles. The number of aliphatic carboxylic acids is 2. The third-order valence-electron chi connectivity index (χ3n) is 7.49. The van der Waals surface area contributed by atoms with Crippen molar-refractivity contribution in [2.24, 2.45) is 0 Å². The third kappa shape index (κ3) is 33.2. The quantitative estimate of drug-likeness (QED) is 0.0518. The van der Waals surface area contributed by atoms with E-state index in [0.717, 1.165) is 103 Å². The molecule has 0 aliphatic carbocycles. The van der Waals surface area contributed by atoms with E-state index in [1.165, 1.54) is 0 Å². The van der Waals surface area contributed by atoms with Gasteiger partial charge in [-0.05, 0) is 51.4 Å². The summed E-state index contributed by atoms with van der Waals surface area (Å²) in [6.45, 7) is 0.440. The van der Waals surface area contributed by atoms with Gasteiger partial charge >= 0.3 is 11.9 Å². The van der Waals surface area contributed by atoms with Crippen LogP contribution in [-0.4, -0.2) is 90.4 Å². The van der Waals surface area contributed by atoms with E-state index < -0.39 is 36.4 Å². The summed E-state index contributed by atoms with van der Waals surface area (Å²) in [4.78, 5) is 20.6. The maximum Gasteiger partial charge on any atom is 0.303 e. The zero-order valence-corrected chi connectivity index (χ0v) is 26.1. The number of carboxylic acid groups (broad SMARTS) is 2. The summed E-state index contributed by atoms with van der Waals surface area (Å²) in [7, 11) is 0. The lowest BCUT2D eigenvalue weighted by molar-refractivity contribution is -0.138. The van der Waals surface area contributed by atoms with Crippen molar-refractivity contribution in [1.29, 1.82) is 0 Å². The summed E-state index contributed by atoms with van der Waals surface area (Å²) < 4.78 is 0. The second-order valence-corrected chi connectivity index (χ2v) is 11.5. The monoisotopic (exact) mass is 608 g/mol. The van der Waals surface area contributed by atoms with Gasteiger partial charge in [0.05, 0.1) is 24.4 Å². The molecule has 8 N–H and O–H groups in total. The maximum absolute atomic E-state index is 10.3. The van der Waals surface area contributed by atoms with Crippen LogP contribution in [0.2, 0.25) is 0 Å². The van der Waals surface area contributed by atoms with E-state index in [2.05, 4.69) is 0 Å². The first-order chi connectivity index (χ1) is 20.1. The Labute approximate surface area is 254 Å². The minimum absolute atomic E-state index is 0.220. The minimum Gasteiger partial charge on any atom is -0.481 e. The fourth-order valence-electron chi connectivity index (χ4n) is 4.73. The molecule has 0 saturated heterocycles. The van der Waals surface area contributed by atoms with Gasteiger partial charge in [0.25, 0.3) is 0 Å². The zero-order chi connectivity index (χ0) is 31.8. The van der Waals surface area contributed by atoms with E-state index in [0.29, 0.717) is 38.5 Å². The average molecular weight is 609 g/mol. The topological polar surface area (TPSA) is 196 Å². The Morgan fingerprint density at radius 3 is 0.810 bits per heavy atom. The lowest BCUT2D eigenvalue weighted by atomic mass is 10.00. The summed E-state index contributed by atoms with van der Waals surface area (Å²) in [6, 6.07) is 0. The molecule has 0 spiro atoms. The number of aliphatic hydroxyl groups excluding tert-OH is 6. The van der Waals surface area contributed by atoms with Crippen LogP contribution in [0, 0.1) is 0 Å². The van der Waals surface area contributed by atoms with Crippen LogP contribution in [0.25, 0.3) is 0 Å². The van der Waals surface area contributed by atoms with Crippen LogP contribution in [0.5, 0.6) is 0 Å². The smallest absolute Gasteiger partial charge is 0.303 e. The second-order valence-electron chi connectivity index (χ2n) is 11.5. The molecule has 0 radical (unpaired) electrons. The predicted molar refractivity (Wildman–Crippen MR) is 164 cm³/mol. The first kappa shape index (κ1) is 42.8. The molecule has 0 saturated carbocycles. The fourth-order valence-corrected chi connectivity index (χ4v) is 4.73. The van der Waals surface area contributed by atoms with Gasteiger partial charge in [0.15, 0.2) is 0 Å². The van der Waals surface area contributed by atoms with Crippen LogP contribution in [0.1, 0.15) is 154 Å². The van der Waals surface area contributed by atoms with Crippen molar-refractivity contribution >= 4 is 11.9 Å². The number of unbranched alkanes of at least 4 members (excludes halogenated alkanes) is 14. The van der Waals surface area contributed by atoms with Gasteiger partial charge < -0.3 is 40.9 Å². The van der Waals surface area contributed by atoms with E-state index in [1.807, 2.05) is 0 Å². The van der Waals surface area contributed by atoms with Gasteiger partial charge in [-0.25, -0.2) is 0 Å². The number of hydrogen-bond donors (Lipinski definition) is 8. The van der Waals surface area contributed by atoms with Gasteiger partial charge in [0.2, 0.25) is 0 Å². The van der Waals surface area contributed by atoms with Gasteiger partial charge in [-0.1, -0.05) is 89.9 Å². The molecule has 0 rings (SSSR count). The van der Waals surface area contributed by atoms with Crippen molar-refractivity contribution in [3.63, 3.8) is 0 Å². The van der Waals surface area contributed by atoms with E-state index in [9.17, 15) is 30.0 Å². The van der Waals surface area contributed by atoms with E-state index in [4.69, 9.17) is 20.4 Å². The largest absolute Gasteiger partial charge is 0.481 e. The lowest BCUT2D eigenvalue weighted by Gasteiger charge is -2.17. The lowest BCUT2D eigenvalue weighted by Crippen LogP contribution is -2.25. The molecular formula is C32H64O10. The normalized spacial score (nSPS) is 14.0. The molecule has 0 amide bonds. The van der Waals surface area contributed by atoms with Crippen molar-refractivity contribution in [1.82, 2.24) is 0 Å². The number of carbonyl (C=O) groups is 2. The molecule has 0 aliphatic rings. The fraction of sp³-hybridized carbons (Fsp3) is 0.938. The number of hydrogen-bond acceptors (Lipinski definition) is 8. The van der Waals surface area contributed by atoms with Gasteiger partial charge in [0.1, 0.15) is 0 Å². The molecule has 0 aromatic rings. The number of aliphatic hydroxyl groups is 6. The summed E-state index contributed by atoms with van der Waals surface area (Å²) in [5.74, 6) is -1.49. The van der Waals surface area contributed by atoms with E-state index >= 15 is 0 Å². The van der Waals surface area contributed by atoms with Crippen molar-refractivity contribution in [2.75, 3.05) is 13.2 Å².